The van der Waals surface area contributed by atoms with Crippen molar-refractivity contribution in [3.05, 3.63) is 44.9 Å². The predicted octanol–water partition coefficient (Wildman–Crippen LogP) is 2.32. The number of carbonyl (C=O) groups is 3. The summed E-state index contributed by atoms with van der Waals surface area (Å²) in [5.41, 5.74) is 1.01. The number of benzene rings is 1. The fraction of sp³-hybridized carbons (Fsp3) is 0.353. The average Bonchev–Trinajstić information content (AvgIpc) is 3.38. The van der Waals surface area contributed by atoms with E-state index in [1.54, 1.807) is 0 Å². The molecule has 0 spiro atoms. The Balaban J connectivity index is 1.48. The number of aromatic nitrogens is 2. The van der Waals surface area contributed by atoms with Crippen LogP contribution in [0.4, 0.5) is 0 Å². The minimum Gasteiger partial charge on any atom is -0.455 e. The molecule has 2 amide bonds. The number of hydrogen-bond acceptors (Lipinski definition) is 8. The summed E-state index contributed by atoms with van der Waals surface area (Å²) in [7, 11) is 0. The van der Waals surface area contributed by atoms with Crippen molar-refractivity contribution >= 4 is 40.9 Å². The van der Waals surface area contributed by atoms with Gasteiger partial charge in [-0.15, -0.1) is 5.10 Å². The molecule has 1 aromatic heterocycles. The Bertz CT molecular complexity index is 925. The molecule has 2 aliphatic rings. The first-order chi connectivity index (χ1) is 13.0. The molecule has 1 fully saturated rings. The zero-order valence-corrected chi connectivity index (χ0v) is 15.6. The van der Waals surface area contributed by atoms with Crippen molar-refractivity contribution < 1.29 is 23.9 Å². The Kier molecular flexibility index (Phi) is 4.90. The van der Waals surface area contributed by atoms with E-state index in [0.717, 1.165) is 24.4 Å². The van der Waals surface area contributed by atoms with Crippen LogP contribution in [0.3, 0.4) is 0 Å². The zero-order chi connectivity index (χ0) is 19.0. The van der Waals surface area contributed by atoms with Gasteiger partial charge < -0.3 is 9.47 Å². The van der Waals surface area contributed by atoms with Gasteiger partial charge in [-0.25, -0.2) is 4.79 Å². The number of fused-ring (bicyclic) bond motifs is 1. The molecular weight excluding hydrogens is 394 g/mol. The van der Waals surface area contributed by atoms with Crippen molar-refractivity contribution in [3.63, 3.8) is 0 Å². The van der Waals surface area contributed by atoms with Crippen molar-refractivity contribution in [2.45, 2.75) is 25.6 Å². The predicted molar refractivity (Wildman–Crippen MR) is 94.8 cm³/mol. The summed E-state index contributed by atoms with van der Waals surface area (Å²) < 4.78 is 14.7. The largest absolute Gasteiger partial charge is 0.455 e. The molecule has 0 saturated carbocycles. The monoisotopic (exact) mass is 407 g/mol. The summed E-state index contributed by atoms with van der Waals surface area (Å²) in [6, 6.07) is 4.32. The van der Waals surface area contributed by atoms with Crippen molar-refractivity contribution in [2.75, 3.05) is 13.2 Å². The van der Waals surface area contributed by atoms with E-state index in [9.17, 15) is 14.4 Å². The van der Waals surface area contributed by atoms with E-state index in [0.29, 0.717) is 16.6 Å². The van der Waals surface area contributed by atoms with Crippen LogP contribution in [0.2, 0.25) is 4.34 Å². The molecule has 2 aromatic rings. The van der Waals surface area contributed by atoms with Gasteiger partial charge in [0.2, 0.25) is 0 Å². The van der Waals surface area contributed by atoms with Gasteiger partial charge in [-0.1, -0.05) is 16.1 Å². The third-order valence-electron chi connectivity index (χ3n) is 4.47. The molecule has 140 valence electrons. The summed E-state index contributed by atoms with van der Waals surface area (Å²) >= 11 is 6.87. The third kappa shape index (κ3) is 3.45. The lowest BCUT2D eigenvalue weighted by atomic mass is 10.1. The van der Waals surface area contributed by atoms with Gasteiger partial charge in [0, 0.05) is 18.1 Å². The highest BCUT2D eigenvalue weighted by atomic mass is 35.5. The van der Waals surface area contributed by atoms with E-state index < -0.39 is 11.9 Å². The molecule has 1 aromatic carbocycles. The molecule has 1 unspecified atom stereocenters. The van der Waals surface area contributed by atoms with Crippen LogP contribution in [0.1, 0.15) is 49.6 Å². The van der Waals surface area contributed by atoms with Crippen LogP contribution in [-0.4, -0.2) is 51.5 Å². The number of esters is 1. The van der Waals surface area contributed by atoms with E-state index in [2.05, 4.69) is 9.59 Å². The Morgan fingerprint density at radius 3 is 2.85 bits per heavy atom. The minimum atomic E-state index is -0.639. The number of nitrogens with zero attached hydrogens (tertiary/aromatic N) is 3. The summed E-state index contributed by atoms with van der Waals surface area (Å²) in [4.78, 5) is 38.6. The second kappa shape index (κ2) is 7.34. The maximum absolute atomic E-state index is 12.6. The number of amides is 2. The number of hydrogen-bond donors (Lipinski definition) is 0. The quantitative estimate of drug-likeness (QED) is 0.554. The van der Waals surface area contributed by atoms with Crippen molar-refractivity contribution in [3.8, 4) is 0 Å². The molecule has 4 rings (SSSR count). The van der Waals surface area contributed by atoms with Crippen LogP contribution in [0.5, 0.6) is 0 Å². The fourth-order valence-corrected chi connectivity index (χ4v) is 3.68. The number of carbonyl (C=O) groups excluding carboxylic acids is 3. The smallest absolute Gasteiger partial charge is 0.338 e. The Morgan fingerprint density at radius 1 is 1.33 bits per heavy atom. The normalized spacial score (nSPS) is 18.9. The Hall–Kier alpha value is -2.36. The van der Waals surface area contributed by atoms with E-state index >= 15 is 0 Å². The minimum absolute atomic E-state index is 0.122. The first-order valence-electron chi connectivity index (χ1n) is 8.30. The molecule has 2 aliphatic heterocycles. The lowest BCUT2D eigenvalue weighted by Crippen LogP contribution is -2.36. The van der Waals surface area contributed by atoms with Crippen LogP contribution >= 0.6 is 23.1 Å². The topological polar surface area (TPSA) is 98.7 Å². The average molecular weight is 408 g/mol. The molecule has 0 bridgehead atoms. The number of rotatable bonds is 5. The first-order valence-corrected chi connectivity index (χ1v) is 9.45. The highest BCUT2D eigenvalue weighted by molar-refractivity contribution is 7.10. The zero-order valence-electron chi connectivity index (χ0n) is 14.0. The van der Waals surface area contributed by atoms with Gasteiger partial charge >= 0.3 is 5.97 Å². The van der Waals surface area contributed by atoms with Crippen molar-refractivity contribution in [1.29, 1.82) is 0 Å². The standard InChI is InChI=1S/C17H14ClN3O5S/c18-14-13(19-20-27-14)8-26-17(24)9-3-4-11-12(6-9)16(23)21(15(11)22)7-10-2-1-5-25-10/h3-4,6,10H,1-2,5,7-8H2. The molecule has 1 saturated heterocycles. The number of imide groups is 1. The second-order valence-electron chi connectivity index (χ2n) is 6.19. The van der Waals surface area contributed by atoms with Crippen LogP contribution in [0.15, 0.2) is 18.2 Å². The summed E-state index contributed by atoms with van der Waals surface area (Å²) in [6.07, 6.45) is 1.61. The molecule has 8 nitrogen and oxygen atoms in total. The van der Waals surface area contributed by atoms with Crippen LogP contribution < -0.4 is 0 Å². The van der Waals surface area contributed by atoms with Gasteiger partial charge in [0.25, 0.3) is 11.8 Å². The van der Waals surface area contributed by atoms with Gasteiger partial charge in [0.1, 0.15) is 16.6 Å². The Morgan fingerprint density at radius 2 is 2.15 bits per heavy atom. The first kappa shape index (κ1) is 18.0. The highest BCUT2D eigenvalue weighted by Gasteiger charge is 2.38. The lowest BCUT2D eigenvalue weighted by Gasteiger charge is -2.17. The van der Waals surface area contributed by atoms with E-state index in [-0.39, 0.29) is 41.9 Å². The van der Waals surface area contributed by atoms with E-state index in [1.807, 2.05) is 0 Å². The van der Waals surface area contributed by atoms with Gasteiger partial charge in [-0.3, -0.25) is 14.5 Å². The number of halogens is 1. The molecule has 10 heteroatoms. The van der Waals surface area contributed by atoms with Gasteiger partial charge in [0.05, 0.1) is 29.3 Å². The lowest BCUT2D eigenvalue weighted by molar-refractivity contribution is 0.0465. The molecule has 0 aliphatic carbocycles. The fourth-order valence-electron chi connectivity index (χ4n) is 3.08. The molecule has 1 atom stereocenters. The van der Waals surface area contributed by atoms with Gasteiger partial charge in [-0.05, 0) is 31.0 Å². The second-order valence-corrected chi connectivity index (χ2v) is 7.54. The highest BCUT2D eigenvalue weighted by Crippen LogP contribution is 2.26. The summed E-state index contributed by atoms with van der Waals surface area (Å²) in [6.45, 7) is 0.743. The third-order valence-corrected chi connectivity index (χ3v) is 5.45. The Labute approximate surface area is 163 Å². The molecular formula is C17H14ClN3O5S. The molecule has 0 radical (unpaired) electrons. The number of ether oxygens (including phenoxy) is 2. The van der Waals surface area contributed by atoms with Crippen LogP contribution in [0, 0.1) is 0 Å². The van der Waals surface area contributed by atoms with Crippen LogP contribution in [0.25, 0.3) is 0 Å². The van der Waals surface area contributed by atoms with Gasteiger partial charge in [0.15, 0.2) is 0 Å². The van der Waals surface area contributed by atoms with E-state index in [1.165, 1.54) is 23.1 Å². The molecule has 0 N–H and O–H groups in total. The van der Waals surface area contributed by atoms with Crippen molar-refractivity contribution in [1.82, 2.24) is 14.5 Å². The van der Waals surface area contributed by atoms with Crippen molar-refractivity contribution in [2.24, 2.45) is 0 Å². The SMILES string of the molecule is O=C(OCc1nnsc1Cl)c1ccc2c(c1)C(=O)N(CC1CCCO1)C2=O. The molecule has 27 heavy (non-hydrogen) atoms. The van der Waals surface area contributed by atoms with E-state index in [4.69, 9.17) is 21.1 Å². The summed E-state index contributed by atoms with van der Waals surface area (Å²) in [5, 5.41) is 3.76. The summed E-state index contributed by atoms with van der Waals surface area (Å²) in [5.74, 6) is -1.43. The van der Waals surface area contributed by atoms with Crippen LogP contribution in [-0.2, 0) is 16.1 Å². The maximum Gasteiger partial charge on any atom is 0.338 e. The van der Waals surface area contributed by atoms with Gasteiger partial charge in [-0.2, -0.15) is 0 Å². The molecule has 3 heterocycles. The maximum atomic E-state index is 12.6.